The fourth-order valence-corrected chi connectivity index (χ4v) is 5.63. The lowest BCUT2D eigenvalue weighted by Gasteiger charge is -2.46. The van der Waals surface area contributed by atoms with Crippen LogP contribution in [0.2, 0.25) is 0 Å². The first-order valence-electron chi connectivity index (χ1n) is 10.9. The lowest BCUT2D eigenvalue weighted by atomic mass is 9.57. The molecule has 140 valence electrons. The first kappa shape index (κ1) is 19.8. The Hall–Kier alpha value is -0.530. The summed E-state index contributed by atoms with van der Waals surface area (Å²) in [6.07, 6.45) is 20.8. The van der Waals surface area contributed by atoms with Crippen molar-refractivity contribution in [3.8, 4) is 0 Å². The van der Waals surface area contributed by atoms with E-state index < -0.39 is 11.4 Å². The van der Waals surface area contributed by atoms with E-state index in [2.05, 4.69) is 6.92 Å². The molecule has 0 amide bonds. The molecule has 0 heterocycles. The Morgan fingerprint density at radius 1 is 0.792 bits per heavy atom. The molecule has 24 heavy (non-hydrogen) atoms. The highest BCUT2D eigenvalue weighted by molar-refractivity contribution is 5.75. The van der Waals surface area contributed by atoms with E-state index in [0.717, 1.165) is 12.8 Å². The van der Waals surface area contributed by atoms with Crippen LogP contribution in [-0.2, 0) is 4.79 Å². The zero-order valence-corrected chi connectivity index (χ0v) is 16.0. The molecule has 2 fully saturated rings. The van der Waals surface area contributed by atoms with Gasteiger partial charge < -0.3 is 5.11 Å². The van der Waals surface area contributed by atoms with Crippen LogP contribution < -0.4 is 0 Å². The van der Waals surface area contributed by atoms with Gasteiger partial charge in [0.25, 0.3) is 0 Å². The van der Waals surface area contributed by atoms with Gasteiger partial charge in [-0.05, 0) is 43.9 Å². The Bertz CT molecular complexity index is 333. The summed E-state index contributed by atoms with van der Waals surface area (Å²) in [6.45, 7) is 2.25. The van der Waals surface area contributed by atoms with Gasteiger partial charge >= 0.3 is 5.97 Å². The molecule has 2 nitrogen and oxygen atoms in total. The van der Waals surface area contributed by atoms with Crippen LogP contribution in [-0.4, -0.2) is 11.1 Å². The molecule has 2 heteroatoms. The quantitative estimate of drug-likeness (QED) is 0.437. The van der Waals surface area contributed by atoms with Gasteiger partial charge in [-0.15, -0.1) is 0 Å². The highest BCUT2D eigenvalue weighted by Crippen LogP contribution is 2.52. The summed E-state index contributed by atoms with van der Waals surface area (Å²) in [6, 6.07) is 0. The summed E-state index contributed by atoms with van der Waals surface area (Å²) in [7, 11) is 0. The van der Waals surface area contributed by atoms with Gasteiger partial charge in [0.1, 0.15) is 0 Å². The summed E-state index contributed by atoms with van der Waals surface area (Å²) >= 11 is 0. The van der Waals surface area contributed by atoms with E-state index in [0.29, 0.717) is 11.8 Å². The van der Waals surface area contributed by atoms with Crippen LogP contribution in [0.3, 0.4) is 0 Å². The van der Waals surface area contributed by atoms with Gasteiger partial charge in [-0.1, -0.05) is 84.0 Å². The van der Waals surface area contributed by atoms with E-state index in [1.165, 1.54) is 96.3 Å². The maximum Gasteiger partial charge on any atom is 0.310 e. The molecular formula is C22H40O2. The Kier molecular flexibility index (Phi) is 8.62. The molecule has 2 rings (SSSR count). The molecule has 0 atom stereocenters. The number of hydrogen-bond acceptors (Lipinski definition) is 1. The SMILES string of the molecule is CCCCCCCCC(C(=O)O)(C1CCCCC1)C1CCCCC1. The monoisotopic (exact) mass is 336 g/mol. The van der Waals surface area contributed by atoms with Crippen molar-refractivity contribution in [2.75, 3.05) is 0 Å². The topological polar surface area (TPSA) is 37.3 Å². The molecule has 0 radical (unpaired) electrons. The van der Waals surface area contributed by atoms with Crippen LogP contribution >= 0.6 is 0 Å². The molecule has 2 aliphatic carbocycles. The van der Waals surface area contributed by atoms with Crippen molar-refractivity contribution in [3.63, 3.8) is 0 Å². The number of unbranched alkanes of at least 4 members (excludes halogenated alkanes) is 5. The molecule has 0 aromatic rings. The second-order valence-electron chi connectivity index (χ2n) is 8.53. The molecule has 0 aliphatic heterocycles. The normalized spacial score (nSPS) is 21.0. The summed E-state index contributed by atoms with van der Waals surface area (Å²) in [5.41, 5.74) is -0.397. The predicted molar refractivity (Wildman–Crippen MR) is 101 cm³/mol. The van der Waals surface area contributed by atoms with Crippen molar-refractivity contribution in [2.45, 2.75) is 116 Å². The van der Waals surface area contributed by atoms with Gasteiger partial charge in [0.15, 0.2) is 0 Å². The van der Waals surface area contributed by atoms with Crippen LogP contribution in [0, 0.1) is 17.3 Å². The highest BCUT2D eigenvalue weighted by Gasteiger charge is 2.50. The van der Waals surface area contributed by atoms with Crippen LogP contribution in [0.4, 0.5) is 0 Å². The summed E-state index contributed by atoms with van der Waals surface area (Å²) < 4.78 is 0. The van der Waals surface area contributed by atoms with E-state index >= 15 is 0 Å². The van der Waals surface area contributed by atoms with Crippen molar-refractivity contribution in [1.82, 2.24) is 0 Å². The lowest BCUT2D eigenvalue weighted by Crippen LogP contribution is -2.46. The molecule has 0 aromatic carbocycles. The number of hydrogen-bond donors (Lipinski definition) is 1. The molecular weight excluding hydrogens is 296 g/mol. The van der Waals surface area contributed by atoms with Gasteiger partial charge in [0.2, 0.25) is 0 Å². The summed E-state index contributed by atoms with van der Waals surface area (Å²) in [5.74, 6) is 0.444. The fourth-order valence-electron chi connectivity index (χ4n) is 5.63. The zero-order chi connectivity index (χ0) is 17.3. The van der Waals surface area contributed by atoms with Crippen molar-refractivity contribution in [2.24, 2.45) is 17.3 Å². The maximum atomic E-state index is 12.6. The van der Waals surface area contributed by atoms with Crippen LogP contribution in [0.15, 0.2) is 0 Å². The lowest BCUT2D eigenvalue weighted by molar-refractivity contribution is -0.161. The van der Waals surface area contributed by atoms with E-state index in [1.807, 2.05) is 0 Å². The number of aliphatic carboxylic acids is 1. The van der Waals surface area contributed by atoms with E-state index in [4.69, 9.17) is 0 Å². The standard InChI is InChI=1S/C22H40O2/c1-2-3-4-5-6-13-18-22(21(23)24,19-14-9-7-10-15-19)20-16-11-8-12-17-20/h19-20H,2-18H2,1H3,(H,23,24). The third-order valence-corrected chi connectivity index (χ3v) is 7.01. The first-order chi connectivity index (χ1) is 11.7. The fraction of sp³-hybridized carbons (Fsp3) is 0.955. The highest BCUT2D eigenvalue weighted by atomic mass is 16.4. The average Bonchev–Trinajstić information content (AvgIpc) is 2.62. The Labute approximate surface area is 149 Å². The van der Waals surface area contributed by atoms with E-state index in [9.17, 15) is 9.90 Å². The number of carboxylic acid groups (broad SMARTS) is 1. The Morgan fingerprint density at radius 2 is 1.25 bits per heavy atom. The van der Waals surface area contributed by atoms with Gasteiger partial charge in [-0.25, -0.2) is 0 Å². The maximum absolute atomic E-state index is 12.6. The molecule has 0 bridgehead atoms. The molecule has 0 spiro atoms. The second-order valence-corrected chi connectivity index (χ2v) is 8.53. The Morgan fingerprint density at radius 3 is 1.71 bits per heavy atom. The average molecular weight is 337 g/mol. The van der Waals surface area contributed by atoms with E-state index in [-0.39, 0.29) is 0 Å². The minimum atomic E-state index is -0.449. The zero-order valence-electron chi connectivity index (χ0n) is 16.0. The van der Waals surface area contributed by atoms with Crippen molar-refractivity contribution >= 4 is 5.97 Å². The van der Waals surface area contributed by atoms with Gasteiger partial charge in [-0.3, -0.25) is 4.79 Å². The van der Waals surface area contributed by atoms with Crippen molar-refractivity contribution in [1.29, 1.82) is 0 Å². The number of carbonyl (C=O) groups is 1. The molecule has 2 aliphatic rings. The third-order valence-electron chi connectivity index (χ3n) is 7.01. The second kappa shape index (κ2) is 10.5. The minimum Gasteiger partial charge on any atom is -0.481 e. The molecule has 0 aromatic heterocycles. The van der Waals surface area contributed by atoms with Crippen molar-refractivity contribution < 1.29 is 9.90 Å². The Balaban J connectivity index is 2.04. The number of rotatable bonds is 10. The summed E-state index contributed by atoms with van der Waals surface area (Å²) in [5, 5.41) is 10.4. The van der Waals surface area contributed by atoms with Crippen LogP contribution in [0.1, 0.15) is 116 Å². The predicted octanol–water partition coefficient (Wildman–Crippen LogP) is 6.97. The smallest absolute Gasteiger partial charge is 0.310 e. The van der Waals surface area contributed by atoms with Gasteiger partial charge in [-0.2, -0.15) is 0 Å². The van der Waals surface area contributed by atoms with E-state index in [1.54, 1.807) is 0 Å². The molecule has 2 saturated carbocycles. The van der Waals surface area contributed by atoms with Crippen molar-refractivity contribution in [3.05, 3.63) is 0 Å². The third kappa shape index (κ3) is 4.99. The van der Waals surface area contributed by atoms with Gasteiger partial charge in [0, 0.05) is 0 Å². The van der Waals surface area contributed by atoms with Crippen LogP contribution in [0.25, 0.3) is 0 Å². The minimum absolute atomic E-state index is 0.397. The molecule has 0 saturated heterocycles. The largest absolute Gasteiger partial charge is 0.481 e. The molecule has 0 unspecified atom stereocenters. The number of carboxylic acids is 1. The van der Waals surface area contributed by atoms with Gasteiger partial charge in [0.05, 0.1) is 5.41 Å². The molecule has 1 N–H and O–H groups in total. The summed E-state index contributed by atoms with van der Waals surface area (Å²) in [4.78, 5) is 12.6. The first-order valence-corrected chi connectivity index (χ1v) is 10.9. The van der Waals surface area contributed by atoms with Crippen LogP contribution in [0.5, 0.6) is 0 Å².